The highest BCUT2D eigenvalue weighted by molar-refractivity contribution is 6.14. The van der Waals surface area contributed by atoms with Gasteiger partial charge in [-0.05, 0) is 22.3 Å². The minimum absolute atomic E-state index is 0.254. The van der Waals surface area contributed by atoms with Crippen LogP contribution in [0, 0.1) is 0 Å². The van der Waals surface area contributed by atoms with Gasteiger partial charge in [-0.15, -0.1) is 10.2 Å². The predicted octanol–water partition coefficient (Wildman–Crippen LogP) is 11.1. The van der Waals surface area contributed by atoms with Crippen molar-refractivity contribution in [1.29, 1.82) is 0 Å². The van der Waals surface area contributed by atoms with E-state index in [0.29, 0.717) is 34.1 Å². The molecule has 9 rings (SSSR count). The van der Waals surface area contributed by atoms with E-state index in [9.17, 15) is 0 Å². The highest BCUT2D eigenvalue weighted by Crippen LogP contribution is 2.52. The number of methoxy groups -OCH3 is 4. The van der Waals surface area contributed by atoms with Crippen molar-refractivity contribution in [3.05, 3.63) is 133 Å². The Labute approximate surface area is 317 Å². The zero-order valence-electron chi connectivity index (χ0n) is 30.6. The van der Waals surface area contributed by atoms with Crippen LogP contribution >= 0.6 is 0 Å². The van der Waals surface area contributed by atoms with Gasteiger partial charge in [0.1, 0.15) is 34.1 Å². The van der Waals surface area contributed by atoms with Crippen molar-refractivity contribution in [2.24, 2.45) is 0 Å². The number of hydrogen-bond acceptors (Lipinski definition) is 7. The van der Waals surface area contributed by atoms with Gasteiger partial charge in [0.25, 0.3) is 11.8 Å². The second kappa shape index (κ2) is 13.9. The maximum Gasteiger partial charge on any atom is 0.254 e. The number of nitrogens with one attached hydrogen (secondary N) is 2. The average molecular weight is 725 g/mol. The molecular weight excluding hydrogens is 689 g/mol. The molecule has 0 fully saturated rings. The summed E-state index contributed by atoms with van der Waals surface area (Å²) in [5, 5.41) is 11.1. The van der Waals surface area contributed by atoms with Gasteiger partial charge in [-0.25, -0.2) is 0 Å². The van der Waals surface area contributed by atoms with Gasteiger partial charge in [0.15, 0.2) is 0 Å². The van der Waals surface area contributed by atoms with E-state index >= 15 is 0 Å². The summed E-state index contributed by atoms with van der Waals surface area (Å²) in [5.41, 5.74) is 10.5. The number of H-pyrrole nitrogens is 2. The lowest BCUT2D eigenvalue weighted by Crippen LogP contribution is -1.94. The molecular formula is C46H36N4O5. The lowest BCUT2D eigenvalue weighted by atomic mass is 9.96. The molecule has 3 aromatic heterocycles. The number of rotatable bonds is 10. The topological polar surface area (TPSA) is 107 Å². The monoisotopic (exact) mass is 724 g/mol. The molecule has 3 heterocycles. The third-order valence-corrected chi connectivity index (χ3v) is 9.99. The minimum atomic E-state index is 0.254. The molecule has 0 radical (unpaired) electrons. The Morgan fingerprint density at radius 3 is 1.05 bits per heavy atom. The van der Waals surface area contributed by atoms with Gasteiger partial charge in [0.05, 0.1) is 61.6 Å². The van der Waals surface area contributed by atoms with Crippen molar-refractivity contribution in [1.82, 2.24) is 20.2 Å². The fourth-order valence-electron chi connectivity index (χ4n) is 7.56. The van der Waals surface area contributed by atoms with E-state index in [1.165, 1.54) is 0 Å². The highest BCUT2D eigenvalue weighted by atomic mass is 16.5. The van der Waals surface area contributed by atoms with Crippen LogP contribution in [0.25, 0.3) is 89.5 Å². The number of fused-ring (bicyclic) bond motifs is 2. The van der Waals surface area contributed by atoms with Gasteiger partial charge in [-0.2, -0.15) is 0 Å². The van der Waals surface area contributed by atoms with Crippen LogP contribution in [0.5, 0.6) is 23.0 Å². The van der Waals surface area contributed by atoms with Crippen LogP contribution in [0.1, 0.15) is 0 Å². The molecule has 0 spiro atoms. The van der Waals surface area contributed by atoms with E-state index < -0.39 is 0 Å². The largest absolute Gasteiger partial charge is 0.496 e. The Kier molecular flexibility index (Phi) is 8.51. The number of aromatic nitrogens is 4. The Bertz CT molecular complexity index is 2600. The molecule has 2 N–H and O–H groups in total. The van der Waals surface area contributed by atoms with Crippen LogP contribution < -0.4 is 18.9 Å². The number of hydrogen-bond donors (Lipinski definition) is 2. The van der Waals surface area contributed by atoms with Crippen molar-refractivity contribution in [3.63, 3.8) is 0 Å². The summed E-state index contributed by atoms with van der Waals surface area (Å²) in [4.78, 5) is 7.45. The number of ether oxygens (including phenoxy) is 4. The Morgan fingerprint density at radius 2 is 0.727 bits per heavy atom. The second-order valence-corrected chi connectivity index (χ2v) is 12.9. The fourth-order valence-corrected chi connectivity index (χ4v) is 7.56. The van der Waals surface area contributed by atoms with Gasteiger partial charge in [-0.1, -0.05) is 121 Å². The third-order valence-electron chi connectivity index (χ3n) is 9.99. The lowest BCUT2D eigenvalue weighted by Gasteiger charge is -2.13. The van der Waals surface area contributed by atoms with Gasteiger partial charge in [0, 0.05) is 23.3 Å². The van der Waals surface area contributed by atoms with Crippen molar-refractivity contribution < 1.29 is 23.4 Å². The normalized spacial score (nSPS) is 11.3. The third kappa shape index (κ3) is 5.56. The highest BCUT2D eigenvalue weighted by Gasteiger charge is 2.30. The molecule has 0 amide bonds. The molecule has 0 bridgehead atoms. The van der Waals surface area contributed by atoms with Crippen LogP contribution in [0.15, 0.2) is 138 Å². The SMILES string of the molecule is COc1cc(OC)c2c(-c3ccccc3)c(-c3ccccc3)[nH]c2c1-c1nnc(-c2c(OC)cc(OC)c3c(-c4ccccc4)c(-c4ccccc4)[nH]c23)o1. The average Bonchev–Trinajstić information content (AvgIpc) is 4.00. The second-order valence-electron chi connectivity index (χ2n) is 12.9. The summed E-state index contributed by atoms with van der Waals surface area (Å²) in [7, 11) is 6.55. The van der Waals surface area contributed by atoms with Gasteiger partial charge >= 0.3 is 0 Å². The van der Waals surface area contributed by atoms with Gasteiger partial charge in [0.2, 0.25) is 0 Å². The van der Waals surface area contributed by atoms with Crippen molar-refractivity contribution >= 4 is 21.8 Å². The summed E-state index contributed by atoms with van der Waals surface area (Å²) in [6.45, 7) is 0. The minimum Gasteiger partial charge on any atom is -0.496 e. The van der Waals surface area contributed by atoms with Crippen molar-refractivity contribution in [3.8, 4) is 90.7 Å². The molecule has 6 aromatic carbocycles. The summed E-state index contributed by atoms with van der Waals surface area (Å²) in [6, 6.07) is 44.6. The van der Waals surface area contributed by atoms with Crippen LogP contribution in [0.4, 0.5) is 0 Å². The molecule has 0 saturated carbocycles. The molecule has 0 aliphatic heterocycles. The van der Waals surface area contributed by atoms with E-state index in [1.54, 1.807) is 28.4 Å². The van der Waals surface area contributed by atoms with Crippen LogP contribution in [-0.2, 0) is 0 Å². The molecule has 55 heavy (non-hydrogen) atoms. The van der Waals surface area contributed by atoms with Gasteiger partial charge < -0.3 is 33.3 Å². The fraction of sp³-hybridized carbons (Fsp3) is 0.0870. The molecule has 9 nitrogen and oxygen atoms in total. The lowest BCUT2D eigenvalue weighted by molar-refractivity contribution is 0.397. The standard InChI is InChI=1S/C46H36N4O5/c1-51-31-25-33(53-3)39(43-37(31)35(27-17-9-5-10-18-27)41(47-43)29-21-13-7-14-22-29)45-49-50-46(55-45)40-34(54-4)26-32(52-2)38-36(28-19-11-6-12-20-28)42(48-44(38)40)30-23-15-8-16-24-30/h5-26,47-48H,1-4H3. The van der Waals surface area contributed by atoms with E-state index in [0.717, 1.165) is 66.6 Å². The Hall–Kier alpha value is -7.26. The number of nitrogens with zero attached hydrogens (tertiary/aromatic N) is 2. The van der Waals surface area contributed by atoms with Gasteiger partial charge in [-0.3, -0.25) is 0 Å². The Morgan fingerprint density at radius 1 is 0.400 bits per heavy atom. The first-order valence-corrected chi connectivity index (χ1v) is 17.8. The predicted molar refractivity (Wildman–Crippen MR) is 217 cm³/mol. The zero-order chi connectivity index (χ0) is 37.5. The van der Waals surface area contributed by atoms with Crippen molar-refractivity contribution in [2.45, 2.75) is 0 Å². The van der Waals surface area contributed by atoms with Crippen molar-refractivity contribution in [2.75, 3.05) is 28.4 Å². The summed E-state index contributed by atoms with van der Waals surface area (Å²) < 4.78 is 30.8. The summed E-state index contributed by atoms with van der Waals surface area (Å²) in [5.74, 6) is 2.79. The Balaban J connectivity index is 1.32. The quantitative estimate of drug-likeness (QED) is 0.145. The molecule has 0 unspecified atom stereocenters. The van der Waals surface area contributed by atoms with E-state index in [1.807, 2.05) is 84.9 Å². The number of benzene rings is 6. The molecule has 9 heteroatoms. The van der Waals surface area contributed by atoms with Crippen LogP contribution in [0.2, 0.25) is 0 Å². The molecule has 0 aliphatic rings. The smallest absolute Gasteiger partial charge is 0.254 e. The zero-order valence-corrected chi connectivity index (χ0v) is 30.6. The maximum absolute atomic E-state index is 6.72. The van der Waals surface area contributed by atoms with Crippen LogP contribution in [0.3, 0.4) is 0 Å². The first-order chi connectivity index (χ1) is 27.1. The molecule has 270 valence electrons. The molecule has 0 saturated heterocycles. The molecule has 0 aliphatic carbocycles. The molecule has 9 aromatic rings. The number of aromatic amines is 2. The summed E-state index contributed by atoms with van der Waals surface area (Å²) in [6.07, 6.45) is 0. The summed E-state index contributed by atoms with van der Waals surface area (Å²) >= 11 is 0. The first kappa shape index (κ1) is 33.6. The van der Waals surface area contributed by atoms with E-state index in [2.05, 4.69) is 68.7 Å². The first-order valence-electron chi connectivity index (χ1n) is 17.8. The van der Waals surface area contributed by atoms with E-state index in [4.69, 9.17) is 23.4 Å². The molecule has 0 atom stereocenters. The maximum atomic E-state index is 6.72. The van der Waals surface area contributed by atoms with Crippen LogP contribution in [-0.4, -0.2) is 48.6 Å². The van der Waals surface area contributed by atoms with E-state index in [-0.39, 0.29) is 11.8 Å².